The standard InChI is InChI=1S/C9H11ClN2O2/c1-3-5(4-2)6-7(10)11-9(14)12-8(6)13/h3H,4H2,1-2H3,(H2,11,12,13,14)/b5-3+. The van der Waals surface area contributed by atoms with Gasteiger partial charge in [0.25, 0.3) is 5.56 Å². The first-order chi connectivity index (χ1) is 6.60. The summed E-state index contributed by atoms with van der Waals surface area (Å²) >= 11 is 5.77. The first-order valence-corrected chi connectivity index (χ1v) is 4.65. The van der Waals surface area contributed by atoms with Crippen LogP contribution in [-0.2, 0) is 0 Å². The molecule has 0 bridgehead atoms. The van der Waals surface area contributed by atoms with Crippen molar-refractivity contribution in [3.05, 3.63) is 37.6 Å². The highest BCUT2D eigenvalue weighted by molar-refractivity contribution is 6.31. The van der Waals surface area contributed by atoms with Crippen LogP contribution in [0.1, 0.15) is 25.8 Å². The van der Waals surface area contributed by atoms with Crippen LogP contribution in [0.4, 0.5) is 0 Å². The Balaban J connectivity index is 3.50. The number of rotatable bonds is 2. The number of H-pyrrole nitrogens is 2. The third kappa shape index (κ3) is 1.96. The van der Waals surface area contributed by atoms with Gasteiger partial charge in [0.05, 0.1) is 5.56 Å². The Labute approximate surface area is 85.6 Å². The van der Waals surface area contributed by atoms with Crippen LogP contribution in [0.25, 0.3) is 5.57 Å². The second-order valence-corrected chi connectivity index (χ2v) is 3.14. The molecule has 0 amide bonds. The zero-order valence-corrected chi connectivity index (χ0v) is 8.73. The second-order valence-electron chi connectivity index (χ2n) is 2.76. The van der Waals surface area contributed by atoms with E-state index < -0.39 is 11.2 Å². The van der Waals surface area contributed by atoms with E-state index in [9.17, 15) is 9.59 Å². The van der Waals surface area contributed by atoms with Gasteiger partial charge >= 0.3 is 5.69 Å². The maximum Gasteiger partial charge on any atom is 0.326 e. The number of hydrogen-bond donors (Lipinski definition) is 2. The molecule has 0 spiro atoms. The first kappa shape index (κ1) is 10.8. The zero-order chi connectivity index (χ0) is 10.7. The summed E-state index contributed by atoms with van der Waals surface area (Å²) in [5.41, 5.74) is 0.118. The molecule has 1 heterocycles. The molecule has 14 heavy (non-hydrogen) atoms. The van der Waals surface area contributed by atoms with E-state index in [1.807, 2.05) is 13.8 Å². The van der Waals surface area contributed by atoms with Gasteiger partial charge in [-0.3, -0.25) is 14.8 Å². The van der Waals surface area contributed by atoms with E-state index in [1.54, 1.807) is 6.08 Å². The van der Waals surface area contributed by atoms with Crippen LogP contribution >= 0.6 is 11.6 Å². The van der Waals surface area contributed by atoms with Gasteiger partial charge in [-0.2, -0.15) is 0 Å². The SMILES string of the molecule is C/C=C(\CC)c1c(Cl)[nH]c(=O)[nH]c1=O. The lowest BCUT2D eigenvalue weighted by molar-refractivity contribution is 1.02. The van der Waals surface area contributed by atoms with Crippen molar-refractivity contribution >= 4 is 17.2 Å². The summed E-state index contributed by atoms with van der Waals surface area (Å²) < 4.78 is 0. The van der Waals surface area contributed by atoms with Crippen LogP contribution in [0.15, 0.2) is 15.7 Å². The summed E-state index contributed by atoms with van der Waals surface area (Å²) in [6.45, 7) is 3.73. The van der Waals surface area contributed by atoms with Crippen molar-refractivity contribution in [3.8, 4) is 0 Å². The van der Waals surface area contributed by atoms with Crippen molar-refractivity contribution in [3.63, 3.8) is 0 Å². The minimum Gasteiger partial charge on any atom is -0.297 e. The van der Waals surface area contributed by atoms with E-state index in [0.29, 0.717) is 12.0 Å². The molecule has 76 valence electrons. The monoisotopic (exact) mass is 214 g/mol. The smallest absolute Gasteiger partial charge is 0.297 e. The van der Waals surface area contributed by atoms with Gasteiger partial charge in [-0.15, -0.1) is 0 Å². The molecule has 0 saturated heterocycles. The van der Waals surface area contributed by atoms with Crippen molar-refractivity contribution in [2.45, 2.75) is 20.3 Å². The van der Waals surface area contributed by atoms with Gasteiger partial charge < -0.3 is 0 Å². The summed E-state index contributed by atoms with van der Waals surface area (Å²) in [6, 6.07) is 0. The highest BCUT2D eigenvalue weighted by atomic mass is 35.5. The minimum absolute atomic E-state index is 0.0914. The lowest BCUT2D eigenvalue weighted by Gasteiger charge is -2.03. The average molecular weight is 215 g/mol. The highest BCUT2D eigenvalue weighted by Gasteiger charge is 2.10. The highest BCUT2D eigenvalue weighted by Crippen LogP contribution is 2.19. The van der Waals surface area contributed by atoms with Gasteiger partial charge in [0, 0.05) is 0 Å². The predicted molar refractivity (Wildman–Crippen MR) is 56.6 cm³/mol. The normalized spacial score (nSPS) is 11.8. The fourth-order valence-electron chi connectivity index (χ4n) is 1.27. The van der Waals surface area contributed by atoms with Crippen molar-refractivity contribution in [2.75, 3.05) is 0 Å². The maximum absolute atomic E-state index is 11.4. The molecule has 1 aromatic rings. The van der Waals surface area contributed by atoms with Crippen molar-refractivity contribution < 1.29 is 0 Å². The van der Waals surface area contributed by atoms with Gasteiger partial charge in [-0.05, 0) is 18.9 Å². The maximum atomic E-state index is 11.4. The molecule has 1 aromatic heterocycles. The van der Waals surface area contributed by atoms with Crippen molar-refractivity contribution in [2.24, 2.45) is 0 Å². The molecule has 0 atom stereocenters. The molecular weight excluding hydrogens is 204 g/mol. The molecule has 0 aliphatic rings. The van der Waals surface area contributed by atoms with Crippen LogP contribution < -0.4 is 11.2 Å². The Hall–Kier alpha value is -1.29. The van der Waals surface area contributed by atoms with Crippen LogP contribution in [0.2, 0.25) is 5.15 Å². The van der Waals surface area contributed by atoms with Crippen LogP contribution in [0.5, 0.6) is 0 Å². The van der Waals surface area contributed by atoms with Gasteiger partial charge in [-0.1, -0.05) is 24.6 Å². The van der Waals surface area contributed by atoms with Gasteiger partial charge in [-0.25, -0.2) is 4.79 Å². The Morgan fingerprint density at radius 2 is 2.07 bits per heavy atom. The molecule has 1 rings (SSSR count). The third-order valence-corrected chi connectivity index (χ3v) is 2.23. The van der Waals surface area contributed by atoms with Crippen molar-refractivity contribution in [1.29, 1.82) is 0 Å². The molecule has 0 fully saturated rings. The molecule has 4 nitrogen and oxygen atoms in total. The van der Waals surface area contributed by atoms with Crippen LogP contribution in [0.3, 0.4) is 0 Å². The molecule has 0 aliphatic heterocycles. The number of hydrogen-bond acceptors (Lipinski definition) is 2. The lowest BCUT2D eigenvalue weighted by atomic mass is 10.1. The topological polar surface area (TPSA) is 65.7 Å². The summed E-state index contributed by atoms with van der Waals surface area (Å²) in [4.78, 5) is 26.7. The molecule has 0 saturated carbocycles. The Bertz CT molecular complexity index is 470. The largest absolute Gasteiger partial charge is 0.326 e. The fourth-order valence-corrected chi connectivity index (χ4v) is 1.56. The summed E-state index contributed by atoms with van der Waals surface area (Å²) in [5.74, 6) is 0. The predicted octanol–water partition coefficient (Wildman–Crippen LogP) is 1.53. The first-order valence-electron chi connectivity index (χ1n) is 4.27. The molecule has 2 N–H and O–H groups in total. The number of halogens is 1. The molecular formula is C9H11ClN2O2. The van der Waals surface area contributed by atoms with Crippen LogP contribution in [0, 0.1) is 0 Å². The molecule has 5 heteroatoms. The second kappa shape index (κ2) is 4.28. The van der Waals surface area contributed by atoms with E-state index in [2.05, 4.69) is 9.97 Å². The Kier molecular flexibility index (Phi) is 3.30. The summed E-state index contributed by atoms with van der Waals surface area (Å²) in [6.07, 6.45) is 2.49. The molecule has 0 aromatic carbocycles. The molecule has 0 unspecified atom stereocenters. The Morgan fingerprint density at radius 1 is 1.43 bits per heavy atom. The number of aromatic nitrogens is 2. The Morgan fingerprint density at radius 3 is 2.50 bits per heavy atom. The third-order valence-electron chi connectivity index (χ3n) is 1.95. The van der Waals surface area contributed by atoms with E-state index in [-0.39, 0.29) is 5.15 Å². The van der Waals surface area contributed by atoms with Crippen LogP contribution in [-0.4, -0.2) is 9.97 Å². The van der Waals surface area contributed by atoms with Gasteiger partial charge in [0.2, 0.25) is 0 Å². The number of nitrogens with one attached hydrogen (secondary N) is 2. The summed E-state index contributed by atoms with van der Waals surface area (Å²) in [5, 5.41) is 0.0914. The molecule has 0 radical (unpaired) electrons. The number of allylic oxidation sites excluding steroid dienone is 2. The van der Waals surface area contributed by atoms with E-state index in [1.165, 1.54) is 0 Å². The lowest BCUT2D eigenvalue weighted by Crippen LogP contribution is -2.25. The fraction of sp³-hybridized carbons (Fsp3) is 0.333. The van der Waals surface area contributed by atoms with E-state index >= 15 is 0 Å². The quantitative estimate of drug-likeness (QED) is 0.734. The van der Waals surface area contributed by atoms with E-state index in [4.69, 9.17) is 11.6 Å². The molecule has 0 aliphatic carbocycles. The summed E-state index contributed by atoms with van der Waals surface area (Å²) in [7, 11) is 0. The van der Waals surface area contributed by atoms with E-state index in [0.717, 1.165) is 5.57 Å². The minimum atomic E-state index is -0.588. The van der Waals surface area contributed by atoms with Crippen molar-refractivity contribution in [1.82, 2.24) is 9.97 Å². The zero-order valence-electron chi connectivity index (χ0n) is 7.98. The van der Waals surface area contributed by atoms with Gasteiger partial charge in [0.1, 0.15) is 5.15 Å². The average Bonchev–Trinajstić information content (AvgIpc) is 2.10. The van der Waals surface area contributed by atoms with Gasteiger partial charge in [0.15, 0.2) is 0 Å². The number of aromatic amines is 2.